The highest BCUT2D eigenvalue weighted by atomic mass is 15.1. The van der Waals surface area contributed by atoms with E-state index in [2.05, 4.69) is 55.3 Å². The second kappa shape index (κ2) is 7.68. The zero-order chi connectivity index (χ0) is 14.4. The van der Waals surface area contributed by atoms with E-state index in [1.807, 2.05) is 0 Å². The molecule has 0 fully saturated rings. The van der Waals surface area contributed by atoms with Gasteiger partial charge in [-0.05, 0) is 55.8 Å². The van der Waals surface area contributed by atoms with Crippen LogP contribution >= 0.6 is 0 Å². The van der Waals surface area contributed by atoms with Crippen LogP contribution in [0.1, 0.15) is 39.2 Å². The average Bonchev–Trinajstić information content (AvgIpc) is 2.61. The Morgan fingerprint density at radius 3 is 2.70 bits per heavy atom. The number of para-hydroxylation sites is 1. The second-order valence-corrected chi connectivity index (χ2v) is 6.69. The maximum Gasteiger partial charge on any atom is 0.0398 e. The van der Waals surface area contributed by atoms with E-state index in [1.54, 1.807) is 0 Å². The first-order valence-corrected chi connectivity index (χ1v) is 8.20. The van der Waals surface area contributed by atoms with Gasteiger partial charge in [0, 0.05) is 18.8 Å². The third-order valence-corrected chi connectivity index (χ3v) is 4.03. The van der Waals surface area contributed by atoms with E-state index in [0.29, 0.717) is 5.92 Å². The molecule has 1 heterocycles. The minimum absolute atomic E-state index is 0.694. The lowest BCUT2D eigenvalue weighted by Gasteiger charge is -2.28. The number of benzene rings is 1. The van der Waals surface area contributed by atoms with E-state index >= 15 is 0 Å². The lowest BCUT2D eigenvalue weighted by atomic mass is 10.1. The van der Waals surface area contributed by atoms with Crippen molar-refractivity contribution in [3.8, 4) is 0 Å². The predicted octanol–water partition coefficient (Wildman–Crippen LogP) is 3.71. The van der Waals surface area contributed by atoms with Gasteiger partial charge in [-0.2, -0.15) is 0 Å². The summed E-state index contributed by atoms with van der Waals surface area (Å²) >= 11 is 0. The molecule has 0 saturated heterocycles. The molecule has 20 heavy (non-hydrogen) atoms. The van der Waals surface area contributed by atoms with Crippen molar-refractivity contribution in [2.45, 2.75) is 40.0 Å². The molecule has 0 saturated carbocycles. The molecule has 1 N–H and O–H groups in total. The van der Waals surface area contributed by atoms with Gasteiger partial charge in [-0.3, -0.25) is 0 Å². The van der Waals surface area contributed by atoms with E-state index in [0.717, 1.165) is 19.0 Å². The van der Waals surface area contributed by atoms with Crippen LogP contribution in [0, 0.1) is 11.8 Å². The van der Waals surface area contributed by atoms with Crippen LogP contribution in [0.25, 0.3) is 0 Å². The van der Waals surface area contributed by atoms with Gasteiger partial charge < -0.3 is 10.2 Å². The molecule has 112 valence electrons. The Hall–Kier alpha value is -1.02. The van der Waals surface area contributed by atoms with Crippen molar-refractivity contribution in [1.82, 2.24) is 5.32 Å². The molecule has 1 aromatic rings. The van der Waals surface area contributed by atoms with Crippen molar-refractivity contribution in [2.24, 2.45) is 11.8 Å². The van der Waals surface area contributed by atoms with Gasteiger partial charge in [-0.25, -0.2) is 0 Å². The number of aryl methyl sites for hydroxylation is 1. The van der Waals surface area contributed by atoms with Gasteiger partial charge in [0.05, 0.1) is 0 Å². The van der Waals surface area contributed by atoms with Crippen LogP contribution in [0.3, 0.4) is 0 Å². The third-order valence-electron chi connectivity index (χ3n) is 4.03. The van der Waals surface area contributed by atoms with E-state index < -0.39 is 0 Å². The van der Waals surface area contributed by atoms with Crippen molar-refractivity contribution < 1.29 is 0 Å². The van der Waals surface area contributed by atoms with Crippen molar-refractivity contribution in [1.29, 1.82) is 0 Å². The van der Waals surface area contributed by atoms with E-state index in [4.69, 9.17) is 0 Å². The Morgan fingerprint density at radius 2 is 1.90 bits per heavy atom. The summed E-state index contributed by atoms with van der Waals surface area (Å²) < 4.78 is 0. The van der Waals surface area contributed by atoms with Gasteiger partial charge in [-0.15, -0.1) is 0 Å². The summed E-state index contributed by atoms with van der Waals surface area (Å²) in [5.74, 6) is 1.43. The largest absolute Gasteiger partial charge is 0.371 e. The quantitative estimate of drug-likeness (QED) is 0.850. The maximum atomic E-state index is 3.59. The van der Waals surface area contributed by atoms with E-state index in [1.165, 1.54) is 43.6 Å². The van der Waals surface area contributed by atoms with Crippen LogP contribution in [0.15, 0.2) is 24.3 Å². The monoisotopic (exact) mass is 274 g/mol. The van der Waals surface area contributed by atoms with Crippen LogP contribution in [-0.2, 0) is 6.42 Å². The smallest absolute Gasteiger partial charge is 0.0398 e. The summed E-state index contributed by atoms with van der Waals surface area (Å²) in [6.45, 7) is 11.5. The van der Waals surface area contributed by atoms with Gasteiger partial charge in [0.25, 0.3) is 0 Å². The van der Waals surface area contributed by atoms with E-state index in [9.17, 15) is 0 Å². The molecule has 2 heteroatoms. The third kappa shape index (κ3) is 4.52. The highest BCUT2D eigenvalue weighted by Crippen LogP contribution is 2.26. The lowest BCUT2D eigenvalue weighted by Crippen LogP contribution is -2.35. The molecule has 0 aromatic heterocycles. The summed E-state index contributed by atoms with van der Waals surface area (Å²) in [5, 5.41) is 3.59. The molecule has 1 aromatic carbocycles. The van der Waals surface area contributed by atoms with Gasteiger partial charge in [0.2, 0.25) is 0 Å². The summed E-state index contributed by atoms with van der Waals surface area (Å²) in [7, 11) is 0. The number of fused-ring (bicyclic) bond motifs is 1. The fourth-order valence-corrected chi connectivity index (χ4v) is 3.02. The summed E-state index contributed by atoms with van der Waals surface area (Å²) in [6, 6.07) is 8.96. The lowest BCUT2D eigenvalue weighted by molar-refractivity contribution is 0.469. The van der Waals surface area contributed by atoms with Crippen molar-refractivity contribution in [2.75, 3.05) is 31.1 Å². The molecule has 2 nitrogen and oxygen atoms in total. The molecule has 2 rings (SSSR count). The van der Waals surface area contributed by atoms with Crippen LogP contribution in [0.2, 0.25) is 0 Å². The fourth-order valence-electron chi connectivity index (χ4n) is 3.02. The number of rotatable bonds is 6. The Bertz CT molecular complexity index is 400. The zero-order valence-electron chi connectivity index (χ0n) is 13.4. The molecule has 0 aliphatic carbocycles. The molecule has 0 amide bonds. The molecule has 1 atom stereocenters. The Morgan fingerprint density at radius 1 is 1.10 bits per heavy atom. The first-order chi connectivity index (χ1) is 9.66. The highest BCUT2D eigenvalue weighted by Gasteiger charge is 2.16. The molecule has 1 unspecified atom stereocenters. The first kappa shape index (κ1) is 15.4. The van der Waals surface area contributed by atoms with Gasteiger partial charge >= 0.3 is 0 Å². The Kier molecular flexibility index (Phi) is 5.90. The maximum absolute atomic E-state index is 3.59. The predicted molar refractivity (Wildman–Crippen MR) is 88.5 cm³/mol. The molecular formula is C18H30N2. The molecule has 1 aliphatic heterocycles. The Balaban J connectivity index is 1.91. The highest BCUT2D eigenvalue weighted by molar-refractivity contribution is 5.54. The van der Waals surface area contributed by atoms with E-state index in [-0.39, 0.29) is 0 Å². The normalized spacial score (nSPS) is 16.9. The molecule has 0 bridgehead atoms. The Labute approximate surface area is 124 Å². The van der Waals surface area contributed by atoms with Crippen molar-refractivity contribution >= 4 is 5.69 Å². The molecule has 0 radical (unpaired) electrons. The minimum atomic E-state index is 0.694. The number of nitrogens with zero attached hydrogens (tertiary/aromatic N) is 1. The van der Waals surface area contributed by atoms with Crippen LogP contribution in [0.5, 0.6) is 0 Å². The number of nitrogens with one attached hydrogen (secondary N) is 1. The van der Waals surface area contributed by atoms with Crippen molar-refractivity contribution in [3.05, 3.63) is 29.8 Å². The molecular weight excluding hydrogens is 244 g/mol. The van der Waals surface area contributed by atoms with Gasteiger partial charge in [0.1, 0.15) is 0 Å². The fraction of sp³-hybridized carbons (Fsp3) is 0.667. The van der Waals surface area contributed by atoms with Gasteiger partial charge in [0.15, 0.2) is 0 Å². The van der Waals surface area contributed by atoms with Gasteiger partial charge in [-0.1, -0.05) is 39.0 Å². The molecule has 1 aliphatic rings. The number of hydrogen-bond donors (Lipinski definition) is 1. The average molecular weight is 274 g/mol. The zero-order valence-corrected chi connectivity index (χ0v) is 13.4. The number of anilines is 1. The summed E-state index contributed by atoms with van der Waals surface area (Å²) in [6.07, 6.45) is 3.89. The minimum Gasteiger partial charge on any atom is -0.371 e. The van der Waals surface area contributed by atoms with Crippen LogP contribution in [0.4, 0.5) is 5.69 Å². The topological polar surface area (TPSA) is 15.3 Å². The molecule has 0 spiro atoms. The standard InChI is InChI=1S/C18H30N2/c1-15(2)12-19-13-16(3)14-20-11-7-6-9-17-8-4-5-10-18(17)20/h4-5,8,10,15-16,19H,6-7,9,11-14H2,1-3H3. The summed E-state index contributed by atoms with van der Waals surface area (Å²) in [4.78, 5) is 2.60. The number of hydrogen-bond acceptors (Lipinski definition) is 2. The van der Waals surface area contributed by atoms with Crippen LogP contribution in [-0.4, -0.2) is 26.2 Å². The summed E-state index contributed by atoms with van der Waals surface area (Å²) in [5.41, 5.74) is 3.01. The second-order valence-electron chi connectivity index (χ2n) is 6.69. The first-order valence-electron chi connectivity index (χ1n) is 8.20. The van der Waals surface area contributed by atoms with Crippen molar-refractivity contribution in [3.63, 3.8) is 0 Å². The SMILES string of the molecule is CC(C)CNCC(C)CN1CCCCc2ccccc21. The van der Waals surface area contributed by atoms with Crippen LogP contribution < -0.4 is 10.2 Å².